The highest BCUT2D eigenvalue weighted by Gasteiger charge is 2.30. The number of methoxy groups -OCH3 is 2. The van der Waals surface area contributed by atoms with Crippen molar-refractivity contribution in [2.75, 3.05) is 20.8 Å². The standard InChI is InChI=1S/C21H19F3N6O4/c1-31-10-17-26-20(34-28-17)19-16-7-12-9-29(5-6-33-21(22,23)24)27-18(12)14-8-13(32-2)3-4-15(14)30(16)11-25-19/h3-4,8-9,11H,5-7,10H2,1-2H3. The van der Waals surface area contributed by atoms with Gasteiger partial charge < -0.3 is 18.6 Å². The first kappa shape index (κ1) is 22.1. The summed E-state index contributed by atoms with van der Waals surface area (Å²) in [5.74, 6) is 1.24. The number of rotatable bonds is 7. The normalized spacial score (nSPS) is 12.7. The molecule has 13 heteroatoms. The Kier molecular flexibility index (Phi) is 5.57. The first-order chi connectivity index (χ1) is 16.4. The molecule has 4 aromatic rings. The van der Waals surface area contributed by atoms with Crippen LogP contribution in [0.3, 0.4) is 0 Å². The third-order valence-corrected chi connectivity index (χ3v) is 5.31. The lowest BCUT2D eigenvalue weighted by atomic mass is 10.0. The van der Waals surface area contributed by atoms with Crippen molar-refractivity contribution >= 4 is 0 Å². The smallest absolute Gasteiger partial charge is 0.497 e. The highest BCUT2D eigenvalue weighted by atomic mass is 19.4. The van der Waals surface area contributed by atoms with Crippen LogP contribution in [0.25, 0.3) is 28.5 Å². The zero-order valence-electron chi connectivity index (χ0n) is 18.2. The zero-order chi connectivity index (χ0) is 23.9. The molecule has 0 fully saturated rings. The molecular formula is C21H19F3N6O4. The number of imidazole rings is 1. The van der Waals surface area contributed by atoms with Crippen LogP contribution in [0.1, 0.15) is 17.1 Å². The van der Waals surface area contributed by atoms with Gasteiger partial charge in [-0.15, -0.1) is 13.2 Å². The van der Waals surface area contributed by atoms with E-state index in [9.17, 15) is 13.2 Å². The number of halogens is 3. The maximum atomic E-state index is 12.4. The van der Waals surface area contributed by atoms with Crippen molar-refractivity contribution in [2.45, 2.75) is 25.9 Å². The zero-order valence-corrected chi connectivity index (χ0v) is 18.2. The van der Waals surface area contributed by atoms with E-state index in [1.54, 1.807) is 19.6 Å². The molecule has 1 aliphatic rings. The first-order valence-corrected chi connectivity index (χ1v) is 10.2. The Balaban J connectivity index is 1.58. The van der Waals surface area contributed by atoms with Gasteiger partial charge in [0.1, 0.15) is 18.7 Å². The molecule has 0 amide bonds. The molecule has 0 saturated carbocycles. The van der Waals surface area contributed by atoms with Crippen molar-refractivity contribution in [1.29, 1.82) is 0 Å². The van der Waals surface area contributed by atoms with Crippen LogP contribution < -0.4 is 4.74 Å². The number of hydrogen-bond acceptors (Lipinski definition) is 8. The van der Waals surface area contributed by atoms with E-state index in [0.29, 0.717) is 29.4 Å². The van der Waals surface area contributed by atoms with Gasteiger partial charge in [0.25, 0.3) is 5.89 Å². The summed E-state index contributed by atoms with van der Waals surface area (Å²) in [5.41, 5.74) is 4.21. The fourth-order valence-corrected chi connectivity index (χ4v) is 3.88. The van der Waals surface area contributed by atoms with Crippen LogP contribution in [0.2, 0.25) is 0 Å². The molecule has 0 saturated heterocycles. The molecule has 5 rings (SSSR count). The van der Waals surface area contributed by atoms with Crippen LogP contribution in [0.4, 0.5) is 13.2 Å². The molecular weight excluding hydrogens is 457 g/mol. The third kappa shape index (κ3) is 4.15. The lowest BCUT2D eigenvalue weighted by Gasteiger charge is -2.11. The van der Waals surface area contributed by atoms with Gasteiger partial charge in [0.2, 0.25) is 0 Å². The van der Waals surface area contributed by atoms with E-state index in [4.69, 9.17) is 14.0 Å². The summed E-state index contributed by atoms with van der Waals surface area (Å²) in [4.78, 5) is 8.85. The van der Waals surface area contributed by atoms with Crippen LogP contribution >= 0.6 is 0 Å². The molecule has 0 bridgehead atoms. The highest BCUT2D eigenvalue weighted by molar-refractivity contribution is 5.77. The highest BCUT2D eigenvalue weighted by Crippen LogP contribution is 2.38. The molecule has 34 heavy (non-hydrogen) atoms. The predicted octanol–water partition coefficient (Wildman–Crippen LogP) is 3.38. The van der Waals surface area contributed by atoms with E-state index in [1.807, 2.05) is 22.8 Å². The number of ether oxygens (including phenoxy) is 3. The Labute approximate surface area is 190 Å². The monoisotopic (exact) mass is 476 g/mol. The summed E-state index contributed by atoms with van der Waals surface area (Å²) in [5, 5.41) is 8.46. The largest absolute Gasteiger partial charge is 0.522 e. The number of fused-ring (bicyclic) bond motifs is 5. The minimum atomic E-state index is -4.70. The molecule has 0 aliphatic carbocycles. The summed E-state index contributed by atoms with van der Waals surface area (Å²) in [6.07, 6.45) is -0.955. The van der Waals surface area contributed by atoms with Crippen LogP contribution in [-0.4, -0.2) is 56.7 Å². The molecule has 0 radical (unpaired) electrons. The molecule has 0 atom stereocenters. The van der Waals surface area contributed by atoms with Gasteiger partial charge >= 0.3 is 6.36 Å². The fourth-order valence-electron chi connectivity index (χ4n) is 3.88. The van der Waals surface area contributed by atoms with Gasteiger partial charge in [-0.25, -0.2) is 4.98 Å². The maximum Gasteiger partial charge on any atom is 0.522 e. The van der Waals surface area contributed by atoms with Gasteiger partial charge in [-0.2, -0.15) is 10.1 Å². The fraction of sp³-hybridized carbons (Fsp3) is 0.333. The number of aromatic nitrogens is 6. The van der Waals surface area contributed by atoms with E-state index in [2.05, 4.69) is 25.0 Å². The SMILES string of the molecule is COCc1noc(-c2ncn3c2Cc2cn(CCOC(F)(F)F)nc2-c2cc(OC)ccc2-3)n1. The second kappa shape index (κ2) is 8.57. The van der Waals surface area contributed by atoms with Crippen LogP contribution in [0.5, 0.6) is 5.75 Å². The molecule has 0 N–H and O–H groups in total. The van der Waals surface area contributed by atoms with Crippen molar-refractivity contribution in [2.24, 2.45) is 0 Å². The summed E-state index contributed by atoms with van der Waals surface area (Å²) in [6.45, 7) is -0.427. The second-order valence-electron chi connectivity index (χ2n) is 7.48. The lowest BCUT2D eigenvalue weighted by molar-refractivity contribution is -0.325. The third-order valence-electron chi connectivity index (χ3n) is 5.31. The van der Waals surface area contributed by atoms with Crippen molar-refractivity contribution in [1.82, 2.24) is 29.5 Å². The molecule has 1 aliphatic heterocycles. The molecule has 10 nitrogen and oxygen atoms in total. The van der Waals surface area contributed by atoms with E-state index in [1.165, 1.54) is 11.8 Å². The van der Waals surface area contributed by atoms with Crippen LogP contribution in [0.15, 0.2) is 35.2 Å². The Bertz CT molecular complexity index is 1330. The van der Waals surface area contributed by atoms with E-state index < -0.39 is 13.0 Å². The van der Waals surface area contributed by atoms with Crippen molar-refractivity contribution < 1.29 is 31.9 Å². The van der Waals surface area contributed by atoms with Crippen LogP contribution in [0, 0.1) is 0 Å². The van der Waals surface area contributed by atoms with Crippen LogP contribution in [-0.2, 0) is 29.0 Å². The molecule has 3 aromatic heterocycles. The Morgan fingerprint density at radius 3 is 2.79 bits per heavy atom. The van der Waals surface area contributed by atoms with E-state index >= 15 is 0 Å². The second-order valence-corrected chi connectivity index (χ2v) is 7.48. The molecule has 1 aromatic carbocycles. The van der Waals surface area contributed by atoms with Crippen molar-refractivity contribution in [3.63, 3.8) is 0 Å². The predicted molar refractivity (Wildman–Crippen MR) is 110 cm³/mol. The summed E-state index contributed by atoms with van der Waals surface area (Å²) in [6, 6.07) is 5.51. The quantitative estimate of drug-likeness (QED) is 0.352. The average molecular weight is 476 g/mol. The number of benzene rings is 1. The van der Waals surface area contributed by atoms with Gasteiger partial charge in [0.15, 0.2) is 11.5 Å². The summed E-state index contributed by atoms with van der Waals surface area (Å²) in [7, 11) is 3.09. The minimum Gasteiger partial charge on any atom is -0.497 e. The minimum absolute atomic E-state index is 0.0675. The Morgan fingerprint density at radius 1 is 1.18 bits per heavy atom. The van der Waals surface area contributed by atoms with Gasteiger partial charge in [-0.1, -0.05) is 5.16 Å². The number of nitrogens with zero attached hydrogens (tertiary/aromatic N) is 6. The summed E-state index contributed by atoms with van der Waals surface area (Å²) >= 11 is 0. The van der Waals surface area contributed by atoms with Gasteiger partial charge in [0.05, 0.1) is 37.3 Å². The van der Waals surface area contributed by atoms with Crippen molar-refractivity contribution in [3.8, 4) is 34.3 Å². The lowest BCUT2D eigenvalue weighted by Crippen LogP contribution is -2.17. The topological polar surface area (TPSA) is 102 Å². The molecule has 0 spiro atoms. The van der Waals surface area contributed by atoms with Gasteiger partial charge in [-0.05, 0) is 18.2 Å². The Morgan fingerprint density at radius 2 is 2.03 bits per heavy atom. The van der Waals surface area contributed by atoms with Crippen molar-refractivity contribution in [3.05, 3.63) is 47.8 Å². The van der Waals surface area contributed by atoms with Gasteiger partial charge in [0, 0.05) is 30.9 Å². The molecule has 4 heterocycles. The molecule has 0 unspecified atom stereocenters. The Hall–Kier alpha value is -3.71. The number of hydrogen-bond donors (Lipinski definition) is 0. The average Bonchev–Trinajstić information content (AvgIpc) is 3.50. The van der Waals surface area contributed by atoms with E-state index in [0.717, 1.165) is 22.5 Å². The number of alkyl halides is 3. The maximum absolute atomic E-state index is 12.4. The first-order valence-electron chi connectivity index (χ1n) is 10.2. The summed E-state index contributed by atoms with van der Waals surface area (Å²) < 4.78 is 60.3. The van der Waals surface area contributed by atoms with Gasteiger partial charge in [-0.3, -0.25) is 9.42 Å². The van der Waals surface area contributed by atoms with E-state index in [-0.39, 0.29) is 19.0 Å². The molecule has 178 valence electrons.